The summed E-state index contributed by atoms with van der Waals surface area (Å²) in [6, 6.07) is 5.86. The van der Waals surface area contributed by atoms with Gasteiger partial charge in [0.15, 0.2) is 5.69 Å². The Labute approximate surface area is 180 Å². The fourth-order valence-electron chi connectivity index (χ4n) is 3.16. The van der Waals surface area contributed by atoms with Gasteiger partial charge in [0.1, 0.15) is 17.7 Å². The molecule has 0 aromatic carbocycles. The first-order valence-electron chi connectivity index (χ1n) is 9.85. The van der Waals surface area contributed by atoms with Crippen LogP contribution in [0.5, 0.6) is 0 Å². The molecule has 9 nitrogen and oxygen atoms in total. The van der Waals surface area contributed by atoms with Gasteiger partial charge in [-0.15, -0.1) is 0 Å². The smallest absolute Gasteiger partial charge is 0.475 e. The lowest BCUT2D eigenvalue weighted by Gasteiger charge is -2.08. The van der Waals surface area contributed by atoms with Crippen molar-refractivity contribution >= 4 is 23.3 Å². The molecule has 1 aliphatic heterocycles. The van der Waals surface area contributed by atoms with Crippen LogP contribution in [0.1, 0.15) is 60.7 Å². The van der Waals surface area contributed by atoms with Crippen LogP contribution in [-0.4, -0.2) is 44.1 Å². The second kappa shape index (κ2) is 9.39. The van der Waals surface area contributed by atoms with Crippen molar-refractivity contribution in [1.82, 2.24) is 19.7 Å². The van der Waals surface area contributed by atoms with Gasteiger partial charge in [-0.25, -0.2) is 14.8 Å². The Morgan fingerprint density at radius 1 is 1.31 bits per heavy atom. The molecule has 0 bridgehead atoms. The van der Waals surface area contributed by atoms with Crippen molar-refractivity contribution in [2.24, 2.45) is 0 Å². The maximum atomic E-state index is 12.7. The highest BCUT2D eigenvalue weighted by Crippen LogP contribution is 2.26. The highest BCUT2D eigenvalue weighted by molar-refractivity contribution is 6.02. The topological polar surface area (TPSA) is 122 Å². The minimum absolute atomic E-state index is 0.101. The van der Waals surface area contributed by atoms with Crippen LogP contribution in [0, 0.1) is 0 Å². The summed E-state index contributed by atoms with van der Waals surface area (Å²) in [5.41, 5.74) is 1.93. The fourth-order valence-corrected chi connectivity index (χ4v) is 3.16. The van der Waals surface area contributed by atoms with Crippen LogP contribution in [-0.2, 0) is 4.79 Å². The Hall–Kier alpha value is -3.41. The number of nitrogens with zero attached hydrogens (tertiary/aromatic N) is 3. The van der Waals surface area contributed by atoms with Crippen molar-refractivity contribution in [2.75, 3.05) is 11.9 Å². The highest BCUT2D eigenvalue weighted by atomic mass is 19.4. The van der Waals surface area contributed by atoms with Gasteiger partial charge in [-0.3, -0.25) is 9.20 Å². The van der Waals surface area contributed by atoms with E-state index in [4.69, 9.17) is 14.3 Å². The molecule has 0 saturated carbocycles. The van der Waals surface area contributed by atoms with Crippen LogP contribution < -0.4 is 10.6 Å². The van der Waals surface area contributed by atoms with Crippen LogP contribution in [0.4, 0.5) is 19.0 Å². The largest absolute Gasteiger partial charge is 0.490 e. The van der Waals surface area contributed by atoms with Crippen molar-refractivity contribution in [2.45, 2.75) is 44.8 Å². The first-order valence-corrected chi connectivity index (χ1v) is 9.85. The quantitative estimate of drug-likeness (QED) is 0.550. The van der Waals surface area contributed by atoms with Gasteiger partial charge in [0.05, 0.1) is 11.7 Å². The van der Waals surface area contributed by atoms with E-state index in [1.807, 2.05) is 28.8 Å². The number of halogens is 3. The van der Waals surface area contributed by atoms with E-state index < -0.39 is 12.1 Å². The minimum Gasteiger partial charge on any atom is -0.475 e. The monoisotopic (exact) mass is 453 g/mol. The van der Waals surface area contributed by atoms with Crippen LogP contribution in [0.2, 0.25) is 0 Å². The van der Waals surface area contributed by atoms with Gasteiger partial charge in [0.2, 0.25) is 5.89 Å². The number of alkyl halides is 3. The Bertz CT molecular complexity index is 1100. The summed E-state index contributed by atoms with van der Waals surface area (Å²) in [4.78, 5) is 30.5. The second-order valence-electron chi connectivity index (χ2n) is 7.41. The lowest BCUT2D eigenvalue weighted by Crippen LogP contribution is -2.21. The number of anilines is 1. The molecule has 4 heterocycles. The lowest BCUT2D eigenvalue weighted by atomic mass is 10.1. The molecule has 1 fully saturated rings. The average Bonchev–Trinajstić information content (AvgIpc) is 3.47. The van der Waals surface area contributed by atoms with Crippen LogP contribution in [0.3, 0.4) is 0 Å². The van der Waals surface area contributed by atoms with E-state index >= 15 is 0 Å². The SMILES string of the molecule is CC(C)c1nc2ccccn2c1NC(=O)c1coc([C@@H]2CCCN2)n1.O=C(O)C(F)(F)F. The van der Waals surface area contributed by atoms with Gasteiger partial charge in [-0.05, 0) is 37.4 Å². The number of amides is 1. The number of nitrogens with one attached hydrogen (secondary N) is 2. The molecule has 4 rings (SSSR count). The van der Waals surface area contributed by atoms with Crippen LogP contribution in [0.25, 0.3) is 5.65 Å². The van der Waals surface area contributed by atoms with Gasteiger partial charge in [0.25, 0.3) is 5.91 Å². The first-order chi connectivity index (χ1) is 15.1. The third-order valence-corrected chi connectivity index (χ3v) is 4.69. The summed E-state index contributed by atoms with van der Waals surface area (Å²) < 4.78 is 39.1. The Morgan fingerprint density at radius 2 is 2.03 bits per heavy atom. The van der Waals surface area contributed by atoms with E-state index in [0.29, 0.717) is 11.7 Å². The zero-order chi connectivity index (χ0) is 23.5. The van der Waals surface area contributed by atoms with Gasteiger partial charge in [-0.2, -0.15) is 13.2 Å². The Balaban J connectivity index is 0.000000360. The fraction of sp³-hybridized carbons (Fsp3) is 0.400. The Kier molecular flexibility index (Phi) is 6.82. The molecule has 3 N–H and O–H groups in total. The molecule has 1 amide bonds. The summed E-state index contributed by atoms with van der Waals surface area (Å²) in [5.74, 6) is -1.61. The molecular weight excluding hydrogens is 431 g/mol. The number of fused-ring (bicyclic) bond motifs is 1. The van der Waals surface area contributed by atoms with Gasteiger partial charge < -0.3 is 20.2 Å². The van der Waals surface area contributed by atoms with Gasteiger partial charge in [0, 0.05) is 6.20 Å². The summed E-state index contributed by atoms with van der Waals surface area (Å²) in [5, 5.41) is 13.4. The number of carbonyl (C=O) groups excluding carboxylic acids is 1. The molecule has 172 valence electrons. The highest BCUT2D eigenvalue weighted by Gasteiger charge is 2.38. The standard InChI is InChI=1S/C18H21N5O2.C2HF3O2/c1-11(2)15-16(23-9-4-3-7-14(23)21-15)22-17(24)13-10-25-18(20-13)12-6-5-8-19-12;3-2(4,5)1(6)7/h3-4,7,9-12,19H,5-6,8H2,1-2H3,(H,22,24);(H,6,7)/t12-;/m0./s1. The molecule has 3 aromatic heterocycles. The van der Waals surface area contributed by atoms with E-state index in [9.17, 15) is 18.0 Å². The number of oxazole rings is 1. The molecule has 3 aromatic rings. The number of aliphatic carboxylic acids is 1. The van der Waals surface area contributed by atoms with Crippen molar-refractivity contribution < 1.29 is 32.3 Å². The normalized spacial score (nSPS) is 16.1. The summed E-state index contributed by atoms with van der Waals surface area (Å²) in [7, 11) is 0. The molecule has 1 aliphatic rings. The molecule has 0 spiro atoms. The maximum absolute atomic E-state index is 12.7. The van der Waals surface area contributed by atoms with Crippen molar-refractivity contribution in [1.29, 1.82) is 0 Å². The number of hydrogen-bond donors (Lipinski definition) is 3. The maximum Gasteiger partial charge on any atom is 0.490 e. The number of carboxylic acids is 1. The molecule has 32 heavy (non-hydrogen) atoms. The predicted octanol–water partition coefficient (Wildman–Crippen LogP) is 3.76. The summed E-state index contributed by atoms with van der Waals surface area (Å²) in [6.45, 7) is 5.06. The first kappa shape index (κ1) is 23.3. The van der Waals surface area contributed by atoms with Crippen molar-refractivity contribution in [3.05, 3.63) is 47.9 Å². The van der Waals surface area contributed by atoms with E-state index in [0.717, 1.165) is 30.7 Å². The molecule has 1 atom stereocenters. The zero-order valence-electron chi connectivity index (χ0n) is 17.3. The third-order valence-electron chi connectivity index (χ3n) is 4.69. The number of pyridine rings is 1. The number of imidazole rings is 1. The van der Waals surface area contributed by atoms with Crippen molar-refractivity contribution in [3.63, 3.8) is 0 Å². The van der Waals surface area contributed by atoms with Gasteiger partial charge in [-0.1, -0.05) is 19.9 Å². The third kappa shape index (κ3) is 5.25. The molecular formula is C20H22F3N5O4. The van der Waals surface area contributed by atoms with Gasteiger partial charge >= 0.3 is 12.1 Å². The number of carboxylic acid groups (broad SMARTS) is 1. The average molecular weight is 453 g/mol. The zero-order valence-corrected chi connectivity index (χ0v) is 17.3. The van der Waals surface area contributed by atoms with E-state index in [2.05, 4.69) is 34.4 Å². The lowest BCUT2D eigenvalue weighted by molar-refractivity contribution is -0.192. The second-order valence-corrected chi connectivity index (χ2v) is 7.41. The van der Waals surface area contributed by atoms with Crippen LogP contribution >= 0.6 is 0 Å². The molecule has 0 radical (unpaired) electrons. The van der Waals surface area contributed by atoms with Crippen LogP contribution in [0.15, 0.2) is 35.1 Å². The number of aromatic nitrogens is 3. The summed E-state index contributed by atoms with van der Waals surface area (Å²) in [6.07, 6.45) is 0.296. The van der Waals surface area contributed by atoms with E-state index in [1.165, 1.54) is 6.26 Å². The summed E-state index contributed by atoms with van der Waals surface area (Å²) >= 11 is 0. The minimum atomic E-state index is -5.08. The molecule has 0 unspecified atom stereocenters. The van der Waals surface area contributed by atoms with E-state index in [-0.39, 0.29) is 23.6 Å². The molecule has 1 saturated heterocycles. The number of carbonyl (C=O) groups is 2. The number of hydrogen-bond acceptors (Lipinski definition) is 6. The molecule has 0 aliphatic carbocycles. The number of rotatable bonds is 4. The molecule has 12 heteroatoms. The van der Waals surface area contributed by atoms with E-state index in [1.54, 1.807) is 0 Å². The van der Waals surface area contributed by atoms with Crippen molar-refractivity contribution in [3.8, 4) is 0 Å². The predicted molar refractivity (Wildman–Crippen MR) is 107 cm³/mol. The Morgan fingerprint density at radius 3 is 2.62 bits per heavy atom.